The van der Waals surface area contributed by atoms with Crippen LogP contribution in [0, 0.1) is 0 Å². The molecule has 1 aromatic carbocycles. The highest BCUT2D eigenvalue weighted by molar-refractivity contribution is 5.49. The predicted octanol–water partition coefficient (Wildman–Crippen LogP) is 4.45. The number of piperazine rings is 1. The maximum Gasteiger partial charge on any atom is 0.224 e. The minimum absolute atomic E-state index is 0.529. The van der Waals surface area contributed by atoms with E-state index >= 15 is 0 Å². The molecule has 1 saturated carbocycles. The summed E-state index contributed by atoms with van der Waals surface area (Å²) in [6.07, 6.45) is 14.2. The Bertz CT molecular complexity index is 760. The van der Waals surface area contributed by atoms with Crippen LogP contribution in [0.15, 0.2) is 48.7 Å². The summed E-state index contributed by atoms with van der Waals surface area (Å²) in [6.45, 7) is 5.15. The van der Waals surface area contributed by atoms with Gasteiger partial charge in [0.2, 0.25) is 5.95 Å². The average molecular weight is 392 g/mol. The summed E-state index contributed by atoms with van der Waals surface area (Å²) in [4.78, 5) is 14.2. The van der Waals surface area contributed by atoms with Crippen molar-refractivity contribution in [1.82, 2.24) is 14.9 Å². The molecule has 1 aliphatic heterocycles. The van der Waals surface area contributed by atoms with Crippen LogP contribution >= 0.6 is 0 Å². The van der Waals surface area contributed by atoms with Crippen LogP contribution in [0.3, 0.4) is 0 Å². The summed E-state index contributed by atoms with van der Waals surface area (Å²) >= 11 is 0. The molecule has 2 heterocycles. The standard InChI is InChI=1S/C24H33N5/c1-2-7-13-22(12-6-1)26-24-25-15-14-23(27-24)29-19-17-28(18-20-29)16-8-11-21-9-4-3-5-10-21/h3-5,8-11,14-15,22H,1-2,6-7,12-13,16-20H2,(H,25,26,27)/b11-8+. The van der Waals surface area contributed by atoms with Crippen molar-refractivity contribution in [1.29, 1.82) is 0 Å². The van der Waals surface area contributed by atoms with Crippen molar-refractivity contribution in [2.24, 2.45) is 0 Å². The molecule has 1 aromatic heterocycles. The van der Waals surface area contributed by atoms with Gasteiger partial charge in [-0.15, -0.1) is 0 Å². The topological polar surface area (TPSA) is 44.3 Å². The Kier molecular flexibility index (Phi) is 7.13. The molecule has 0 spiro atoms. The highest BCUT2D eigenvalue weighted by Gasteiger charge is 2.18. The van der Waals surface area contributed by atoms with Crippen molar-refractivity contribution >= 4 is 17.8 Å². The molecular weight excluding hydrogens is 358 g/mol. The molecule has 2 aromatic rings. The lowest BCUT2D eigenvalue weighted by Gasteiger charge is -2.35. The molecule has 29 heavy (non-hydrogen) atoms. The quantitative estimate of drug-likeness (QED) is 0.737. The molecule has 0 bridgehead atoms. The molecule has 1 N–H and O–H groups in total. The molecular formula is C24H33N5. The number of benzene rings is 1. The minimum Gasteiger partial charge on any atom is -0.354 e. The fourth-order valence-electron chi connectivity index (χ4n) is 4.26. The van der Waals surface area contributed by atoms with E-state index in [1.54, 1.807) is 0 Å². The third-order valence-electron chi connectivity index (χ3n) is 6.00. The van der Waals surface area contributed by atoms with Crippen LogP contribution in [0.5, 0.6) is 0 Å². The highest BCUT2D eigenvalue weighted by atomic mass is 15.3. The summed E-state index contributed by atoms with van der Waals surface area (Å²) < 4.78 is 0. The van der Waals surface area contributed by atoms with E-state index < -0.39 is 0 Å². The highest BCUT2D eigenvalue weighted by Crippen LogP contribution is 2.21. The lowest BCUT2D eigenvalue weighted by atomic mass is 10.1. The second-order valence-electron chi connectivity index (χ2n) is 8.17. The van der Waals surface area contributed by atoms with Gasteiger partial charge in [0.1, 0.15) is 5.82 Å². The van der Waals surface area contributed by atoms with Gasteiger partial charge in [-0.05, 0) is 24.5 Å². The number of aromatic nitrogens is 2. The smallest absolute Gasteiger partial charge is 0.224 e. The van der Waals surface area contributed by atoms with Crippen LogP contribution in [0.1, 0.15) is 44.1 Å². The summed E-state index contributed by atoms with van der Waals surface area (Å²) in [6, 6.07) is 13.1. The van der Waals surface area contributed by atoms with Gasteiger partial charge in [0, 0.05) is 45.0 Å². The van der Waals surface area contributed by atoms with Gasteiger partial charge in [-0.25, -0.2) is 4.98 Å². The van der Waals surface area contributed by atoms with Crippen LogP contribution in [0.25, 0.3) is 6.08 Å². The van der Waals surface area contributed by atoms with E-state index in [0.717, 1.165) is 44.5 Å². The Morgan fingerprint density at radius 1 is 0.931 bits per heavy atom. The van der Waals surface area contributed by atoms with E-state index in [4.69, 9.17) is 4.98 Å². The van der Waals surface area contributed by atoms with Crippen molar-refractivity contribution in [3.05, 3.63) is 54.2 Å². The Balaban J connectivity index is 1.26. The number of anilines is 2. The van der Waals surface area contributed by atoms with Crippen LogP contribution in [-0.4, -0.2) is 53.6 Å². The predicted molar refractivity (Wildman–Crippen MR) is 121 cm³/mol. The Hall–Kier alpha value is -2.40. The van der Waals surface area contributed by atoms with Gasteiger partial charge in [0.05, 0.1) is 0 Å². The molecule has 2 fully saturated rings. The molecule has 154 valence electrons. The molecule has 1 aliphatic carbocycles. The second kappa shape index (κ2) is 10.4. The van der Waals surface area contributed by atoms with Crippen LogP contribution in [0.2, 0.25) is 0 Å². The van der Waals surface area contributed by atoms with Crippen LogP contribution < -0.4 is 10.2 Å². The van der Waals surface area contributed by atoms with E-state index in [9.17, 15) is 0 Å². The maximum atomic E-state index is 4.82. The van der Waals surface area contributed by atoms with Gasteiger partial charge in [-0.1, -0.05) is 68.2 Å². The zero-order valence-corrected chi connectivity index (χ0v) is 17.3. The van der Waals surface area contributed by atoms with Crippen molar-refractivity contribution in [2.45, 2.75) is 44.6 Å². The fourth-order valence-corrected chi connectivity index (χ4v) is 4.26. The first-order chi connectivity index (χ1) is 14.4. The SMILES string of the molecule is C(=C\c1ccccc1)/CN1CCN(c2ccnc(NC3CCCCCC3)n2)CC1. The first-order valence-electron chi connectivity index (χ1n) is 11.2. The van der Waals surface area contributed by atoms with Gasteiger partial charge in [-0.3, -0.25) is 4.90 Å². The van der Waals surface area contributed by atoms with E-state index in [-0.39, 0.29) is 0 Å². The van der Waals surface area contributed by atoms with E-state index in [1.807, 2.05) is 12.3 Å². The van der Waals surface area contributed by atoms with E-state index in [0.29, 0.717) is 6.04 Å². The first kappa shape index (κ1) is 19.9. The molecule has 0 amide bonds. The van der Waals surface area contributed by atoms with Crippen molar-refractivity contribution in [3.8, 4) is 0 Å². The number of hydrogen-bond donors (Lipinski definition) is 1. The molecule has 0 radical (unpaired) electrons. The Morgan fingerprint density at radius 2 is 1.69 bits per heavy atom. The molecule has 0 unspecified atom stereocenters. The maximum absolute atomic E-state index is 4.82. The van der Waals surface area contributed by atoms with Crippen molar-refractivity contribution in [3.63, 3.8) is 0 Å². The normalized spacial score (nSPS) is 19.4. The summed E-state index contributed by atoms with van der Waals surface area (Å²) in [5.74, 6) is 1.85. The number of nitrogens with zero attached hydrogens (tertiary/aromatic N) is 4. The summed E-state index contributed by atoms with van der Waals surface area (Å²) in [5, 5.41) is 3.58. The summed E-state index contributed by atoms with van der Waals surface area (Å²) in [7, 11) is 0. The number of rotatable bonds is 6. The van der Waals surface area contributed by atoms with Crippen LogP contribution in [0.4, 0.5) is 11.8 Å². The third kappa shape index (κ3) is 6.04. The third-order valence-corrected chi connectivity index (χ3v) is 6.00. The zero-order valence-electron chi connectivity index (χ0n) is 17.3. The summed E-state index contributed by atoms with van der Waals surface area (Å²) in [5.41, 5.74) is 1.26. The van der Waals surface area contributed by atoms with Gasteiger partial charge < -0.3 is 10.2 Å². The van der Waals surface area contributed by atoms with E-state index in [2.05, 4.69) is 62.6 Å². The lowest BCUT2D eigenvalue weighted by molar-refractivity contribution is 0.283. The monoisotopic (exact) mass is 391 g/mol. The van der Waals surface area contributed by atoms with Gasteiger partial charge in [-0.2, -0.15) is 4.98 Å². The minimum atomic E-state index is 0.529. The van der Waals surface area contributed by atoms with Gasteiger partial charge in [0.15, 0.2) is 0 Å². The van der Waals surface area contributed by atoms with Crippen molar-refractivity contribution < 1.29 is 0 Å². The first-order valence-corrected chi connectivity index (χ1v) is 11.2. The van der Waals surface area contributed by atoms with Crippen molar-refractivity contribution in [2.75, 3.05) is 42.9 Å². The number of nitrogens with one attached hydrogen (secondary N) is 1. The number of hydrogen-bond acceptors (Lipinski definition) is 5. The molecule has 5 heteroatoms. The molecule has 4 rings (SSSR count). The van der Waals surface area contributed by atoms with E-state index in [1.165, 1.54) is 44.1 Å². The Labute approximate surface area is 174 Å². The zero-order chi connectivity index (χ0) is 19.7. The van der Waals surface area contributed by atoms with Crippen LogP contribution in [-0.2, 0) is 0 Å². The van der Waals surface area contributed by atoms with Gasteiger partial charge >= 0.3 is 0 Å². The fraction of sp³-hybridized carbons (Fsp3) is 0.500. The Morgan fingerprint density at radius 3 is 2.45 bits per heavy atom. The average Bonchev–Trinajstić information content (AvgIpc) is 3.04. The second-order valence-corrected chi connectivity index (χ2v) is 8.17. The largest absolute Gasteiger partial charge is 0.354 e. The molecule has 5 nitrogen and oxygen atoms in total. The molecule has 1 saturated heterocycles. The molecule has 2 aliphatic rings. The van der Waals surface area contributed by atoms with Gasteiger partial charge in [0.25, 0.3) is 0 Å². The lowest BCUT2D eigenvalue weighted by Crippen LogP contribution is -2.46. The molecule has 0 atom stereocenters.